The van der Waals surface area contributed by atoms with E-state index >= 15 is 0 Å². The zero-order chi connectivity index (χ0) is 13.5. The summed E-state index contributed by atoms with van der Waals surface area (Å²) >= 11 is 0. The van der Waals surface area contributed by atoms with Crippen molar-refractivity contribution in [2.75, 3.05) is 13.7 Å². The van der Waals surface area contributed by atoms with Crippen LogP contribution in [0.3, 0.4) is 0 Å². The van der Waals surface area contributed by atoms with Gasteiger partial charge in [-0.15, -0.1) is 0 Å². The van der Waals surface area contributed by atoms with Gasteiger partial charge in [-0.3, -0.25) is 4.79 Å². The molecule has 0 bridgehead atoms. The van der Waals surface area contributed by atoms with Crippen molar-refractivity contribution < 1.29 is 23.8 Å². The summed E-state index contributed by atoms with van der Waals surface area (Å²) in [4.78, 5) is 22.2. The topological polar surface area (TPSA) is 88.8 Å². The summed E-state index contributed by atoms with van der Waals surface area (Å²) in [6.07, 6.45) is 1.03. The molecule has 1 rings (SSSR count). The summed E-state index contributed by atoms with van der Waals surface area (Å²) < 4.78 is 10.1. The minimum absolute atomic E-state index is 0.113. The van der Waals surface area contributed by atoms with Gasteiger partial charge in [0, 0.05) is 20.1 Å². The van der Waals surface area contributed by atoms with Gasteiger partial charge in [-0.1, -0.05) is 0 Å². The van der Waals surface area contributed by atoms with Gasteiger partial charge in [0.1, 0.15) is 17.1 Å². The zero-order valence-electron chi connectivity index (χ0n) is 10.5. The average molecular weight is 255 g/mol. The number of carboxylic acid groups (broad SMARTS) is 1. The number of hydrogen-bond acceptors (Lipinski definition) is 4. The molecule has 6 nitrogen and oxygen atoms in total. The Bertz CT molecular complexity index is 424. The van der Waals surface area contributed by atoms with Crippen molar-refractivity contribution >= 4 is 11.9 Å². The van der Waals surface area contributed by atoms with Crippen molar-refractivity contribution in [2.24, 2.45) is 0 Å². The van der Waals surface area contributed by atoms with Crippen molar-refractivity contribution in [3.05, 3.63) is 23.2 Å². The largest absolute Gasteiger partial charge is 0.478 e. The Morgan fingerprint density at radius 1 is 1.50 bits per heavy atom. The minimum atomic E-state index is -1.03. The monoisotopic (exact) mass is 255 g/mol. The number of rotatable bonds is 7. The summed E-state index contributed by atoms with van der Waals surface area (Å²) in [6.45, 7) is 2.31. The Labute approximate surface area is 105 Å². The van der Waals surface area contributed by atoms with Crippen LogP contribution >= 0.6 is 0 Å². The van der Waals surface area contributed by atoms with Crippen molar-refractivity contribution in [1.82, 2.24) is 5.32 Å². The van der Waals surface area contributed by atoms with E-state index in [1.54, 1.807) is 14.0 Å². The molecule has 0 aliphatic heterocycles. The lowest BCUT2D eigenvalue weighted by atomic mass is 10.2. The van der Waals surface area contributed by atoms with Crippen LogP contribution in [0.5, 0.6) is 0 Å². The summed E-state index contributed by atoms with van der Waals surface area (Å²) in [6, 6.07) is 1.42. The fourth-order valence-electron chi connectivity index (χ4n) is 1.49. The van der Waals surface area contributed by atoms with E-state index in [1.165, 1.54) is 6.07 Å². The van der Waals surface area contributed by atoms with Crippen LogP contribution in [0.2, 0.25) is 0 Å². The molecule has 18 heavy (non-hydrogen) atoms. The van der Waals surface area contributed by atoms with Gasteiger partial charge in [-0.05, 0) is 19.4 Å². The maximum atomic E-state index is 11.4. The molecule has 0 spiro atoms. The van der Waals surface area contributed by atoms with Crippen LogP contribution in [0, 0.1) is 6.92 Å². The second-order valence-electron chi connectivity index (χ2n) is 3.86. The summed E-state index contributed by atoms with van der Waals surface area (Å²) in [5, 5.41) is 11.5. The highest BCUT2D eigenvalue weighted by Gasteiger charge is 2.13. The number of carbonyl (C=O) groups excluding carboxylic acids is 1. The first-order valence-electron chi connectivity index (χ1n) is 5.63. The molecule has 0 fully saturated rings. The van der Waals surface area contributed by atoms with Gasteiger partial charge < -0.3 is 19.6 Å². The SMILES string of the molecule is COCCCC(=O)NCc1cc(C(=O)O)c(C)o1. The third-order valence-electron chi connectivity index (χ3n) is 2.41. The molecule has 0 unspecified atom stereocenters. The number of carbonyl (C=O) groups is 2. The van der Waals surface area contributed by atoms with Crippen molar-refractivity contribution in [2.45, 2.75) is 26.3 Å². The molecule has 1 aromatic rings. The standard InChI is InChI=1S/C12H17NO5/c1-8-10(12(15)16)6-9(18-8)7-13-11(14)4-3-5-17-2/h6H,3-5,7H2,1-2H3,(H,13,14)(H,15,16). The van der Waals surface area contributed by atoms with Crippen LogP contribution in [0.25, 0.3) is 0 Å². The fraction of sp³-hybridized carbons (Fsp3) is 0.500. The molecule has 0 saturated heterocycles. The number of carboxylic acids is 1. The highest BCUT2D eigenvalue weighted by molar-refractivity contribution is 5.88. The first kappa shape index (κ1) is 14.2. The van der Waals surface area contributed by atoms with E-state index in [-0.39, 0.29) is 18.0 Å². The lowest BCUT2D eigenvalue weighted by Crippen LogP contribution is -2.22. The average Bonchev–Trinajstić information content (AvgIpc) is 2.68. The maximum absolute atomic E-state index is 11.4. The van der Waals surface area contributed by atoms with Gasteiger partial charge >= 0.3 is 5.97 Å². The molecule has 0 aromatic carbocycles. The fourth-order valence-corrected chi connectivity index (χ4v) is 1.49. The molecule has 0 radical (unpaired) electrons. The lowest BCUT2D eigenvalue weighted by Gasteiger charge is -2.02. The molecular formula is C12H17NO5. The molecule has 0 aliphatic rings. The van der Waals surface area contributed by atoms with E-state index in [0.29, 0.717) is 31.0 Å². The van der Waals surface area contributed by atoms with Crippen LogP contribution in [0.4, 0.5) is 0 Å². The Balaban J connectivity index is 2.41. The molecule has 100 valence electrons. The number of nitrogens with one attached hydrogen (secondary N) is 1. The number of aromatic carboxylic acids is 1. The number of aryl methyl sites for hydroxylation is 1. The van der Waals surface area contributed by atoms with Crippen molar-refractivity contribution in [3.8, 4) is 0 Å². The van der Waals surface area contributed by atoms with Crippen LogP contribution in [0.15, 0.2) is 10.5 Å². The molecule has 1 amide bonds. The van der Waals surface area contributed by atoms with Gasteiger partial charge in [0.2, 0.25) is 5.91 Å². The summed E-state index contributed by atoms with van der Waals surface area (Å²) in [7, 11) is 1.58. The quantitative estimate of drug-likeness (QED) is 0.717. The molecule has 0 saturated carbocycles. The molecular weight excluding hydrogens is 238 g/mol. The second-order valence-corrected chi connectivity index (χ2v) is 3.86. The maximum Gasteiger partial charge on any atom is 0.339 e. The third kappa shape index (κ3) is 4.21. The number of methoxy groups -OCH3 is 1. The predicted octanol–water partition coefficient (Wildman–Crippen LogP) is 1.33. The van der Waals surface area contributed by atoms with E-state index in [4.69, 9.17) is 14.3 Å². The smallest absolute Gasteiger partial charge is 0.339 e. The van der Waals surface area contributed by atoms with Gasteiger partial charge in [0.05, 0.1) is 6.54 Å². The van der Waals surface area contributed by atoms with E-state index < -0.39 is 5.97 Å². The van der Waals surface area contributed by atoms with Crippen LogP contribution in [-0.4, -0.2) is 30.7 Å². The van der Waals surface area contributed by atoms with Gasteiger partial charge in [0.15, 0.2) is 0 Å². The molecule has 0 atom stereocenters. The predicted molar refractivity (Wildman–Crippen MR) is 63.4 cm³/mol. The minimum Gasteiger partial charge on any atom is -0.478 e. The Morgan fingerprint density at radius 3 is 2.78 bits per heavy atom. The number of ether oxygens (including phenoxy) is 1. The Hall–Kier alpha value is -1.82. The zero-order valence-corrected chi connectivity index (χ0v) is 10.5. The number of furan rings is 1. The van der Waals surface area contributed by atoms with Crippen LogP contribution < -0.4 is 5.32 Å². The lowest BCUT2D eigenvalue weighted by molar-refractivity contribution is -0.121. The first-order valence-corrected chi connectivity index (χ1v) is 5.63. The van der Waals surface area contributed by atoms with Crippen molar-refractivity contribution in [3.63, 3.8) is 0 Å². The van der Waals surface area contributed by atoms with Gasteiger partial charge in [0.25, 0.3) is 0 Å². The van der Waals surface area contributed by atoms with E-state index in [2.05, 4.69) is 5.32 Å². The molecule has 2 N–H and O–H groups in total. The van der Waals surface area contributed by atoms with Crippen LogP contribution in [-0.2, 0) is 16.1 Å². The van der Waals surface area contributed by atoms with Gasteiger partial charge in [-0.25, -0.2) is 4.79 Å². The number of hydrogen-bond donors (Lipinski definition) is 2. The Kier molecular flexibility index (Phi) is 5.38. The number of amides is 1. The Morgan fingerprint density at radius 2 is 2.22 bits per heavy atom. The highest BCUT2D eigenvalue weighted by atomic mass is 16.5. The molecule has 1 aromatic heterocycles. The van der Waals surface area contributed by atoms with E-state index in [1.807, 2.05) is 0 Å². The van der Waals surface area contributed by atoms with Crippen molar-refractivity contribution in [1.29, 1.82) is 0 Å². The third-order valence-corrected chi connectivity index (χ3v) is 2.41. The summed E-state index contributed by atoms with van der Waals surface area (Å²) in [5.41, 5.74) is 0.124. The molecule has 6 heteroatoms. The first-order chi connectivity index (χ1) is 8.54. The van der Waals surface area contributed by atoms with Crippen LogP contribution in [0.1, 0.15) is 34.7 Å². The second kappa shape index (κ2) is 6.80. The normalized spacial score (nSPS) is 10.3. The van der Waals surface area contributed by atoms with E-state index in [0.717, 1.165) is 0 Å². The molecule has 1 heterocycles. The van der Waals surface area contributed by atoms with Gasteiger partial charge in [-0.2, -0.15) is 0 Å². The summed E-state index contributed by atoms with van der Waals surface area (Å²) in [5.74, 6) is -0.372. The highest BCUT2D eigenvalue weighted by Crippen LogP contribution is 2.14. The van der Waals surface area contributed by atoms with E-state index in [9.17, 15) is 9.59 Å². The molecule has 0 aliphatic carbocycles.